The van der Waals surface area contributed by atoms with Crippen LogP contribution in [0.2, 0.25) is 0 Å². The lowest BCUT2D eigenvalue weighted by atomic mass is 9.76. The molecule has 0 radical (unpaired) electrons. The fraction of sp³-hybridized carbons (Fsp3) is 0.235. The first-order chi connectivity index (χ1) is 17.0. The SMILES string of the molecule is Bc1c2cc(C(C)(C)C)ccc2c(-c2cccc3c2oc2ccccc23)c2cc(C(C)(C)C)ccc12. The van der Waals surface area contributed by atoms with E-state index < -0.39 is 0 Å². The van der Waals surface area contributed by atoms with E-state index in [1.807, 2.05) is 6.07 Å². The van der Waals surface area contributed by atoms with Crippen molar-refractivity contribution in [1.29, 1.82) is 0 Å². The van der Waals surface area contributed by atoms with Crippen LogP contribution in [0.3, 0.4) is 0 Å². The number of hydrogen-bond acceptors (Lipinski definition) is 1. The molecule has 178 valence electrons. The number of fused-ring (bicyclic) bond motifs is 5. The molecule has 0 fully saturated rings. The molecule has 0 aliphatic carbocycles. The van der Waals surface area contributed by atoms with Crippen molar-refractivity contribution in [3.63, 3.8) is 0 Å². The minimum Gasteiger partial charge on any atom is -0.455 e. The number of rotatable bonds is 1. The van der Waals surface area contributed by atoms with Gasteiger partial charge in [0.15, 0.2) is 0 Å². The standard InChI is InChI=1S/C34H33BO/c1-33(2,3)20-15-17-24-27(18-20)30(23-16-14-21(34(4,5)6)19-28(23)31(24)35)26-12-9-11-25-22-10-7-8-13-29(22)36-32(25)26/h7-19H,35H2,1-6H3. The monoisotopic (exact) mass is 468 g/mol. The Labute approximate surface area is 214 Å². The lowest BCUT2D eigenvalue weighted by molar-refractivity contribution is 0.591. The Morgan fingerprint density at radius 1 is 0.556 bits per heavy atom. The van der Waals surface area contributed by atoms with Gasteiger partial charge in [-0.2, -0.15) is 0 Å². The van der Waals surface area contributed by atoms with Crippen LogP contribution in [0.4, 0.5) is 0 Å². The number of hydrogen-bond donors (Lipinski definition) is 0. The molecule has 1 aromatic heterocycles. The van der Waals surface area contributed by atoms with Crippen molar-refractivity contribution < 1.29 is 4.42 Å². The van der Waals surface area contributed by atoms with Crippen molar-refractivity contribution in [2.45, 2.75) is 52.4 Å². The molecule has 0 bridgehead atoms. The van der Waals surface area contributed by atoms with Gasteiger partial charge in [0.1, 0.15) is 19.0 Å². The molecule has 6 rings (SSSR count). The highest BCUT2D eigenvalue weighted by Crippen LogP contribution is 2.43. The average Bonchev–Trinajstić information content (AvgIpc) is 3.22. The third kappa shape index (κ3) is 3.46. The lowest BCUT2D eigenvalue weighted by Gasteiger charge is -2.24. The summed E-state index contributed by atoms with van der Waals surface area (Å²) in [5.74, 6) is 0. The highest BCUT2D eigenvalue weighted by atomic mass is 16.3. The molecule has 0 aliphatic rings. The van der Waals surface area contributed by atoms with E-state index >= 15 is 0 Å². The molecule has 0 atom stereocenters. The van der Waals surface area contributed by atoms with Crippen LogP contribution in [-0.2, 0) is 10.8 Å². The molecule has 0 amide bonds. The van der Waals surface area contributed by atoms with Crippen LogP contribution in [-0.4, -0.2) is 7.85 Å². The van der Waals surface area contributed by atoms with Crippen LogP contribution < -0.4 is 5.46 Å². The number of benzene rings is 5. The van der Waals surface area contributed by atoms with Crippen LogP contribution in [0.5, 0.6) is 0 Å². The van der Waals surface area contributed by atoms with Gasteiger partial charge in [0, 0.05) is 21.9 Å². The van der Waals surface area contributed by atoms with Gasteiger partial charge in [-0.25, -0.2) is 0 Å². The second-order valence-corrected chi connectivity index (χ2v) is 12.3. The molecular weight excluding hydrogens is 435 g/mol. The summed E-state index contributed by atoms with van der Waals surface area (Å²) >= 11 is 0. The Morgan fingerprint density at radius 2 is 1.17 bits per heavy atom. The van der Waals surface area contributed by atoms with Gasteiger partial charge in [-0.1, -0.05) is 114 Å². The minimum atomic E-state index is 0.0653. The highest BCUT2D eigenvalue weighted by molar-refractivity contribution is 6.47. The Hall–Kier alpha value is -3.52. The quantitative estimate of drug-likeness (QED) is 0.174. The molecule has 0 saturated carbocycles. The molecule has 6 aromatic rings. The Kier molecular flexibility index (Phi) is 4.93. The summed E-state index contributed by atoms with van der Waals surface area (Å²) in [6.07, 6.45) is 0. The highest BCUT2D eigenvalue weighted by Gasteiger charge is 2.22. The molecule has 1 nitrogen and oxygen atoms in total. The fourth-order valence-corrected chi connectivity index (χ4v) is 5.61. The zero-order chi connectivity index (χ0) is 25.4. The second-order valence-electron chi connectivity index (χ2n) is 12.3. The normalized spacial score (nSPS) is 12.8. The van der Waals surface area contributed by atoms with Gasteiger partial charge in [-0.05, 0) is 55.6 Å². The lowest BCUT2D eigenvalue weighted by Crippen LogP contribution is -2.15. The van der Waals surface area contributed by atoms with Crippen molar-refractivity contribution in [3.8, 4) is 11.1 Å². The predicted molar refractivity (Wildman–Crippen MR) is 160 cm³/mol. The van der Waals surface area contributed by atoms with Crippen LogP contribution in [0, 0.1) is 0 Å². The summed E-state index contributed by atoms with van der Waals surface area (Å²) in [6.45, 7) is 13.7. The van der Waals surface area contributed by atoms with E-state index in [1.165, 1.54) is 54.5 Å². The van der Waals surface area contributed by atoms with Gasteiger partial charge >= 0.3 is 0 Å². The van der Waals surface area contributed by atoms with Gasteiger partial charge in [0.25, 0.3) is 0 Å². The first kappa shape index (κ1) is 22.9. The maximum Gasteiger partial charge on any atom is 0.143 e. The smallest absolute Gasteiger partial charge is 0.143 e. The van der Waals surface area contributed by atoms with Gasteiger partial charge in [0.2, 0.25) is 0 Å². The van der Waals surface area contributed by atoms with E-state index in [2.05, 4.69) is 122 Å². The predicted octanol–water partition coefficient (Wildman–Crippen LogP) is 8.41. The van der Waals surface area contributed by atoms with E-state index in [1.54, 1.807) is 0 Å². The maximum atomic E-state index is 6.54. The molecule has 0 unspecified atom stereocenters. The zero-order valence-corrected chi connectivity index (χ0v) is 22.4. The van der Waals surface area contributed by atoms with Crippen molar-refractivity contribution in [1.82, 2.24) is 0 Å². The molecule has 1 heterocycles. The summed E-state index contributed by atoms with van der Waals surface area (Å²) in [4.78, 5) is 0. The molecule has 0 spiro atoms. The molecule has 36 heavy (non-hydrogen) atoms. The molecule has 0 N–H and O–H groups in total. The van der Waals surface area contributed by atoms with Crippen molar-refractivity contribution in [2.75, 3.05) is 0 Å². The van der Waals surface area contributed by atoms with E-state index in [4.69, 9.17) is 4.42 Å². The van der Waals surface area contributed by atoms with E-state index in [-0.39, 0.29) is 10.8 Å². The molecular formula is C34H33BO. The van der Waals surface area contributed by atoms with E-state index in [9.17, 15) is 0 Å². The summed E-state index contributed by atoms with van der Waals surface area (Å²) in [7, 11) is 2.28. The van der Waals surface area contributed by atoms with E-state index in [0.29, 0.717) is 0 Å². The Morgan fingerprint density at radius 3 is 1.86 bits per heavy atom. The summed E-state index contributed by atoms with van der Waals surface area (Å²) < 4.78 is 6.54. The summed E-state index contributed by atoms with van der Waals surface area (Å²) in [6, 6.07) is 29.0. The molecule has 2 heteroatoms. The summed E-state index contributed by atoms with van der Waals surface area (Å²) in [5.41, 5.74) is 8.52. The molecule has 0 saturated heterocycles. The first-order valence-electron chi connectivity index (χ1n) is 13.0. The largest absolute Gasteiger partial charge is 0.455 e. The summed E-state index contributed by atoms with van der Waals surface area (Å²) in [5, 5.41) is 7.55. The maximum absolute atomic E-state index is 6.54. The Balaban J connectivity index is 1.82. The third-order valence-corrected chi connectivity index (χ3v) is 7.79. The van der Waals surface area contributed by atoms with Gasteiger partial charge in [-0.3, -0.25) is 0 Å². The topological polar surface area (TPSA) is 13.1 Å². The van der Waals surface area contributed by atoms with Crippen molar-refractivity contribution >= 4 is 56.8 Å². The third-order valence-electron chi connectivity index (χ3n) is 7.79. The first-order valence-corrected chi connectivity index (χ1v) is 13.0. The van der Waals surface area contributed by atoms with Crippen LogP contribution >= 0.6 is 0 Å². The molecule has 0 aliphatic heterocycles. The van der Waals surface area contributed by atoms with Gasteiger partial charge < -0.3 is 4.42 Å². The second kappa shape index (κ2) is 7.74. The van der Waals surface area contributed by atoms with Crippen LogP contribution in [0.1, 0.15) is 52.7 Å². The Bertz CT molecular complexity index is 1810. The fourth-order valence-electron chi connectivity index (χ4n) is 5.61. The zero-order valence-electron chi connectivity index (χ0n) is 22.4. The van der Waals surface area contributed by atoms with Gasteiger partial charge in [-0.15, -0.1) is 0 Å². The van der Waals surface area contributed by atoms with Crippen molar-refractivity contribution in [2.24, 2.45) is 0 Å². The van der Waals surface area contributed by atoms with E-state index in [0.717, 1.165) is 16.7 Å². The average molecular weight is 468 g/mol. The number of furan rings is 1. The van der Waals surface area contributed by atoms with Crippen LogP contribution in [0.25, 0.3) is 54.6 Å². The molecule has 5 aromatic carbocycles. The minimum absolute atomic E-state index is 0.0653. The number of para-hydroxylation sites is 2. The van der Waals surface area contributed by atoms with Crippen LogP contribution in [0.15, 0.2) is 83.3 Å². The van der Waals surface area contributed by atoms with Gasteiger partial charge in [0.05, 0.1) is 0 Å². The van der Waals surface area contributed by atoms with Crippen molar-refractivity contribution in [3.05, 3.63) is 90.0 Å².